The van der Waals surface area contributed by atoms with E-state index in [4.69, 9.17) is 5.73 Å². The Kier molecular flexibility index (Phi) is 2.60. The first kappa shape index (κ1) is 10.7. The average Bonchev–Trinajstić information content (AvgIpc) is 2.46. The second-order valence-electron chi connectivity index (χ2n) is 4.23. The predicted octanol–water partition coefficient (Wildman–Crippen LogP) is 1.39. The van der Waals surface area contributed by atoms with Crippen molar-refractivity contribution >= 4 is 27.4 Å². The Labute approximate surface area is 97.2 Å². The van der Waals surface area contributed by atoms with E-state index >= 15 is 0 Å². The molecule has 15 heavy (non-hydrogen) atoms. The molecule has 0 bridgehead atoms. The summed E-state index contributed by atoms with van der Waals surface area (Å²) in [4.78, 5) is 6.28. The van der Waals surface area contributed by atoms with Gasteiger partial charge in [-0.3, -0.25) is 0 Å². The van der Waals surface area contributed by atoms with Crippen LogP contribution in [0.25, 0.3) is 0 Å². The standard InChI is InChI=1S/C10H14BrN3O/c1-10(15)2-3-14(6-10)9-8(12)4-7(11)5-13-9/h4-5,15H,2-3,6,12H2,1H3. The highest BCUT2D eigenvalue weighted by Gasteiger charge is 2.32. The lowest BCUT2D eigenvalue weighted by Gasteiger charge is -2.21. The predicted molar refractivity (Wildman–Crippen MR) is 63.8 cm³/mol. The molecule has 5 heteroatoms. The van der Waals surface area contributed by atoms with Gasteiger partial charge in [0.1, 0.15) is 0 Å². The van der Waals surface area contributed by atoms with E-state index in [1.807, 2.05) is 17.9 Å². The first-order chi connectivity index (χ1) is 6.98. The van der Waals surface area contributed by atoms with Crippen LogP contribution in [-0.2, 0) is 0 Å². The highest BCUT2D eigenvalue weighted by molar-refractivity contribution is 9.10. The van der Waals surface area contributed by atoms with Crippen molar-refractivity contribution in [2.75, 3.05) is 23.7 Å². The summed E-state index contributed by atoms with van der Waals surface area (Å²) < 4.78 is 0.870. The van der Waals surface area contributed by atoms with Crippen molar-refractivity contribution in [1.82, 2.24) is 4.98 Å². The maximum absolute atomic E-state index is 9.85. The number of aliphatic hydroxyl groups is 1. The number of anilines is 2. The van der Waals surface area contributed by atoms with Gasteiger partial charge in [-0.25, -0.2) is 4.98 Å². The molecule has 1 aromatic rings. The van der Waals surface area contributed by atoms with E-state index in [0.717, 1.165) is 23.3 Å². The summed E-state index contributed by atoms with van der Waals surface area (Å²) in [5, 5.41) is 9.85. The van der Waals surface area contributed by atoms with Crippen molar-refractivity contribution in [3.8, 4) is 0 Å². The number of hydrogen-bond donors (Lipinski definition) is 2. The second-order valence-corrected chi connectivity index (χ2v) is 5.15. The van der Waals surface area contributed by atoms with Crippen molar-refractivity contribution < 1.29 is 5.11 Å². The average molecular weight is 272 g/mol. The summed E-state index contributed by atoms with van der Waals surface area (Å²) in [6.07, 6.45) is 2.48. The number of nitrogens with two attached hydrogens (primary N) is 1. The van der Waals surface area contributed by atoms with Gasteiger partial charge in [0.15, 0.2) is 5.82 Å². The Morgan fingerprint density at radius 2 is 2.40 bits per heavy atom. The lowest BCUT2D eigenvalue weighted by Crippen LogP contribution is -2.30. The molecule has 1 aliphatic heterocycles. The maximum Gasteiger partial charge on any atom is 0.151 e. The summed E-state index contributed by atoms with van der Waals surface area (Å²) in [5.74, 6) is 0.760. The Hall–Kier alpha value is -0.810. The largest absolute Gasteiger partial charge is 0.396 e. The minimum atomic E-state index is -0.624. The molecule has 0 aliphatic carbocycles. The lowest BCUT2D eigenvalue weighted by molar-refractivity contribution is 0.0839. The fourth-order valence-electron chi connectivity index (χ4n) is 1.84. The zero-order valence-electron chi connectivity index (χ0n) is 8.57. The molecule has 1 unspecified atom stereocenters. The molecule has 0 radical (unpaired) electrons. The van der Waals surface area contributed by atoms with Gasteiger partial charge in [-0.15, -0.1) is 0 Å². The van der Waals surface area contributed by atoms with E-state index < -0.39 is 5.60 Å². The normalized spacial score (nSPS) is 25.9. The molecule has 2 rings (SSSR count). The molecule has 4 nitrogen and oxygen atoms in total. The number of nitrogen functional groups attached to an aromatic ring is 1. The number of halogens is 1. The monoisotopic (exact) mass is 271 g/mol. The number of rotatable bonds is 1. The van der Waals surface area contributed by atoms with Crippen LogP contribution in [0.3, 0.4) is 0 Å². The third kappa shape index (κ3) is 2.23. The third-order valence-corrected chi connectivity index (χ3v) is 3.05. The first-order valence-electron chi connectivity index (χ1n) is 4.86. The highest BCUT2D eigenvalue weighted by atomic mass is 79.9. The molecule has 0 spiro atoms. The number of hydrogen-bond acceptors (Lipinski definition) is 4. The van der Waals surface area contributed by atoms with Gasteiger partial charge >= 0.3 is 0 Å². The van der Waals surface area contributed by atoms with Gasteiger partial charge in [0, 0.05) is 23.8 Å². The van der Waals surface area contributed by atoms with Gasteiger partial charge in [0.05, 0.1) is 11.3 Å². The van der Waals surface area contributed by atoms with Gasteiger partial charge in [-0.1, -0.05) is 0 Å². The van der Waals surface area contributed by atoms with Gasteiger partial charge in [-0.05, 0) is 35.3 Å². The van der Waals surface area contributed by atoms with E-state index in [9.17, 15) is 5.11 Å². The van der Waals surface area contributed by atoms with E-state index in [1.165, 1.54) is 0 Å². The SMILES string of the molecule is CC1(O)CCN(c2ncc(Br)cc2N)C1. The first-order valence-corrected chi connectivity index (χ1v) is 5.66. The smallest absolute Gasteiger partial charge is 0.151 e. The molecule has 2 heterocycles. The van der Waals surface area contributed by atoms with Gasteiger partial charge in [0.25, 0.3) is 0 Å². The van der Waals surface area contributed by atoms with Crippen LogP contribution in [0.5, 0.6) is 0 Å². The van der Waals surface area contributed by atoms with Crippen LogP contribution >= 0.6 is 15.9 Å². The van der Waals surface area contributed by atoms with Crippen molar-refractivity contribution in [1.29, 1.82) is 0 Å². The van der Waals surface area contributed by atoms with Crippen LogP contribution in [0.4, 0.5) is 11.5 Å². The quantitative estimate of drug-likeness (QED) is 0.811. The van der Waals surface area contributed by atoms with E-state index in [0.29, 0.717) is 12.2 Å². The minimum absolute atomic E-state index is 0.589. The zero-order valence-corrected chi connectivity index (χ0v) is 10.2. The van der Waals surface area contributed by atoms with Crippen LogP contribution in [0.2, 0.25) is 0 Å². The molecule has 1 aliphatic rings. The maximum atomic E-state index is 9.85. The second kappa shape index (κ2) is 3.64. The van der Waals surface area contributed by atoms with Gasteiger partial charge in [-0.2, -0.15) is 0 Å². The molecule has 1 fully saturated rings. The Bertz CT molecular complexity index is 381. The lowest BCUT2D eigenvalue weighted by atomic mass is 10.1. The molecule has 1 aromatic heterocycles. The Morgan fingerprint density at radius 3 is 2.93 bits per heavy atom. The van der Waals surface area contributed by atoms with Crippen LogP contribution < -0.4 is 10.6 Å². The van der Waals surface area contributed by atoms with Crippen LogP contribution in [0.1, 0.15) is 13.3 Å². The number of pyridine rings is 1. The third-order valence-electron chi connectivity index (χ3n) is 2.61. The molecule has 1 atom stereocenters. The van der Waals surface area contributed by atoms with Crippen molar-refractivity contribution in [2.45, 2.75) is 18.9 Å². The minimum Gasteiger partial charge on any atom is -0.396 e. The number of β-amino-alcohol motifs (C(OH)–C–C–N with tert-alkyl or cyclic N) is 1. The van der Waals surface area contributed by atoms with E-state index in [2.05, 4.69) is 20.9 Å². The molecular formula is C10H14BrN3O. The molecule has 0 saturated carbocycles. The molecule has 3 N–H and O–H groups in total. The van der Waals surface area contributed by atoms with Crippen molar-refractivity contribution in [3.63, 3.8) is 0 Å². The van der Waals surface area contributed by atoms with Crippen molar-refractivity contribution in [2.24, 2.45) is 0 Å². The fraction of sp³-hybridized carbons (Fsp3) is 0.500. The van der Waals surface area contributed by atoms with Gasteiger partial charge < -0.3 is 15.7 Å². The summed E-state index contributed by atoms with van der Waals surface area (Å²) in [7, 11) is 0. The summed E-state index contributed by atoms with van der Waals surface area (Å²) >= 11 is 3.32. The summed E-state index contributed by atoms with van der Waals surface area (Å²) in [5.41, 5.74) is 5.89. The number of nitrogens with zero attached hydrogens (tertiary/aromatic N) is 2. The molecule has 0 amide bonds. The molecular weight excluding hydrogens is 258 g/mol. The van der Waals surface area contributed by atoms with Crippen LogP contribution in [0.15, 0.2) is 16.7 Å². The van der Waals surface area contributed by atoms with E-state index in [1.54, 1.807) is 6.20 Å². The summed E-state index contributed by atoms with van der Waals surface area (Å²) in [6.45, 7) is 3.22. The van der Waals surface area contributed by atoms with Crippen LogP contribution in [0, 0.1) is 0 Å². The Balaban J connectivity index is 2.24. The topological polar surface area (TPSA) is 62.4 Å². The highest BCUT2D eigenvalue weighted by Crippen LogP contribution is 2.29. The zero-order chi connectivity index (χ0) is 11.1. The molecule has 1 saturated heterocycles. The molecule has 82 valence electrons. The van der Waals surface area contributed by atoms with E-state index in [-0.39, 0.29) is 0 Å². The fourth-order valence-corrected chi connectivity index (χ4v) is 2.19. The number of aromatic nitrogens is 1. The molecule has 0 aromatic carbocycles. The van der Waals surface area contributed by atoms with Crippen molar-refractivity contribution in [3.05, 3.63) is 16.7 Å². The summed E-state index contributed by atoms with van der Waals surface area (Å²) in [6, 6.07) is 1.83. The Morgan fingerprint density at radius 1 is 1.67 bits per heavy atom. The van der Waals surface area contributed by atoms with Gasteiger partial charge in [0.2, 0.25) is 0 Å². The van der Waals surface area contributed by atoms with Crippen LogP contribution in [-0.4, -0.2) is 28.8 Å².